The molecule has 4 nitrogen and oxygen atoms in total. The van der Waals surface area contributed by atoms with E-state index >= 15 is 0 Å². The fourth-order valence-corrected chi connectivity index (χ4v) is 2.36. The summed E-state index contributed by atoms with van der Waals surface area (Å²) in [4.78, 5) is 18.4. The van der Waals surface area contributed by atoms with Gasteiger partial charge in [0.15, 0.2) is 0 Å². The monoisotopic (exact) mass is 333 g/mol. The quantitative estimate of drug-likeness (QED) is 0.874. The minimum Gasteiger partial charge on any atom is -0.399 e. The Morgan fingerprint density at radius 2 is 2.15 bits per heavy atom. The Morgan fingerprint density at radius 3 is 2.80 bits per heavy atom. The number of hydrogen-bond acceptors (Lipinski definition) is 3. The molecule has 2 N–H and O–H groups in total. The third kappa shape index (κ3) is 3.36. The highest BCUT2D eigenvalue weighted by atomic mass is 79.9. The van der Waals surface area contributed by atoms with Crippen molar-refractivity contribution < 1.29 is 4.79 Å². The molecule has 1 aromatic carbocycles. The number of aromatic nitrogens is 1. The number of rotatable bonds is 4. The highest BCUT2D eigenvalue weighted by Gasteiger charge is 2.18. The minimum atomic E-state index is -0.0950. The van der Waals surface area contributed by atoms with Crippen molar-refractivity contribution in [2.24, 2.45) is 0 Å². The summed E-state index contributed by atoms with van der Waals surface area (Å²) in [5.41, 5.74) is 7.90. The number of halogens is 1. The number of anilines is 1. The van der Waals surface area contributed by atoms with Gasteiger partial charge in [0.05, 0.1) is 0 Å². The van der Waals surface area contributed by atoms with Gasteiger partial charge in [0, 0.05) is 29.4 Å². The molecule has 0 atom stereocenters. The van der Waals surface area contributed by atoms with Crippen molar-refractivity contribution in [1.82, 2.24) is 9.88 Å². The number of hydrogen-bond donors (Lipinski definition) is 1. The first kappa shape index (κ1) is 14.5. The molecule has 0 aliphatic rings. The molecule has 0 saturated carbocycles. The maximum Gasteiger partial charge on any atom is 0.273 e. The second kappa shape index (κ2) is 6.52. The molecule has 0 unspecified atom stereocenters. The van der Waals surface area contributed by atoms with E-state index in [-0.39, 0.29) is 5.91 Å². The predicted octanol–water partition coefficient (Wildman–Crippen LogP) is 3.09. The van der Waals surface area contributed by atoms with Crippen molar-refractivity contribution in [3.63, 3.8) is 0 Å². The number of carbonyl (C=O) groups excluding carboxylic acids is 1. The first-order valence-electron chi connectivity index (χ1n) is 6.36. The van der Waals surface area contributed by atoms with Crippen molar-refractivity contribution in [1.29, 1.82) is 0 Å². The zero-order valence-corrected chi connectivity index (χ0v) is 12.8. The molecule has 104 valence electrons. The number of carbonyl (C=O) groups is 1. The Balaban J connectivity index is 2.20. The Hall–Kier alpha value is -1.88. The molecule has 1 heterocycles. The summed E-state index contributed by atoms with van der Waals surface area (Å²) in [6.07, 6.45) is 1.62. The fraction of sp³-hybridized carbons (Fsp3) is 0.200. The van der Waals surface area contributed by atoms with E-state index in [1.807, 2.05) is 37.3 Å². The zero-order chi connectivity index (χ0) is 14.5. The van der Waals surface area contributed by atoms with Crippen LogP contribution in [0.4, 0.5) is 5.69 Å². The van der Waals surface area contributed by atoms with Crippen molar-refractivity contribution in [2.75, 3.05) is 12.3 Å². The van der Waals surface area contributed by atoms with Gasteiger partial charge in [0.1, 0.15) is 5.69 Å². The summed E-state index contributed by atoms with van der Waals surface area (Å²) in [7, 11) is 0. The topological polar surface area (TPSA) is 59.2 Å². The molecule has 1 amide bonds. The summed E-state index contributed by atoms with van der Waals surface area (Å²) >= 11 is 3.36. The van der Waals surface area contributed by atoms with Crippen LogP contribution in [0.15, 0.2) is 47.1 Å². The van der Waals surface area contributed by atoms with E-state index in [4.69, 9.17) is 5.73 Å². The second-order valence-corrected chi connectivity index (χ2v) is 5.25. The lowest BCUT2D eigenvalue weighted by Gasteiger charge is -2.21. The molecule has 0 aliphatic heterocycles. The van der Waals surface area contributed by atoms with E-state index in [1.54, 1.807) is 17.2 Å². The molecular formula is C15H16BrN3O. The Kier molecular flexibility index (Phi) is 4.74. The lowest BCUT2D eigenvalue weighted by Crippen LogP contribution is -2.31. The van der Waals surface area contributed by atoms with Gasteiger partial charge < -0.3 is 10.6 Å². The van der Waals surface area contributed by atoms with E-state index in [0.717, 1.165) is 5.56 Å². The van der Waals surface area contributed by atoms with E-state index in [9.17, 15) is 4.79 Å². The summed E-state index contributed by atoms with van der Waals surface area (Å²) in [5.74, 6) is -0.0950. The third-order valence-electron chi connectivity index (χ3n) is 2.95. The molecule has 0 bridgehead atoms. The van der Waals surface area contributed by atoms with Gasteiger partial charge in [0.2, 0.25) is 0 Å². The summed E-state index contributed by atoms with van der Waals surface area (Å²) in [5, 5.41) is 0. The number of nitrogens with zero attached hydrogens (tertiary/aromatic N) is 2. The summed E-state index contributed by atoms with van der Waals surface area (Å²) < 4.78 is 0.705. The Labute approximate surface area is 126 Å². The number of nitrogen functional groups attached to an aromatic ring is 1. The van der Waals surface area contributed by atoms with Gasteiger partial charge in [-0.2, -0.15) is 0 Å². The molecule has 0 saturated heterocycles. The Bertz CT molecular complexity index is 616. The van der Waals surface area contributed by atoms with Crippen LogP contribution in [-0.4, -0.2) is 22.3 Å². The Morgan fingerprint density at radius 1 is 1.35 bits per heavy atom. The lowest BCUT2D eigenvalue weighted by atomic mass is 10.2. The van der Waals surface area contributed by atoms with E-state index in [0.29, 0.717) is 28.9 Å². The lowest BCUT2D eigenvalue weighted by molar-refractivity contribution is 0.0745. The molecular weight excluding hydrogens is 318 g/mol. The molecule has 5 heteroatoms. The largest absolute Gasteiger partial charge is 0.399 e. The molecule has 2 rings (SSSR count). The van der Waals surface area contributed by atoms with Crippen LogP contribution in [0.2, 0.25) is 0 Å². The number of benzene rings is 1. The number of nitrogens with two attached hydrogens (primary N) is 1. The standard InChI is InChI=1S/C15H16BrN3O/c1-2-19(10-11-5-3-6-12(17)9-11)15(20)14-13(16)7-4-8-18-14/h3-9H,2,10,17H2,1H3. The van der Waals surface area contributed by atoms with Crippen molar-refractivity contribution >= 4 is 27.5 Å². The average molecular weight is 334 g/mol. The van der Waals surface area contributed by atoms with Crippen molar-refractivity contribution in [3.8, 4) is 0 Å². The molecule has 1 aromatic heterocycles. The zero-order valence-electron chi connectivity index (χ0n) is 11.2. The van der Waals surface area contributed by atoms with Gasteiger partial charge in [-0.1, -0.05) is 12.1 Å². The maximum atomic E-state index is 12.5. The van der Waals surface area contributed by atoms with Crippen LogP contribution in [0, 0.1) is 0 Å². The predicted molar refractivity (Wildman–Crippen MR) is 83.2 cm³/mol. The molecule has 0 radical (unpaired) electrons. The molecule has 0 aliphatic carbocycles. The van der Waals surface area contributed by atoms with Gasteiger partial charge >= 0.3 is 0 Å². The SMILES string of the molecule is CCN(Cc1cccc(N)c1)C(=O)c1ncccc1Br. The molecule has 0 fully saturated rings. The number of amides is 1. The van der Waals surface area contributed by atoms with Gasteiger partial charge in [-0.3, -0.25) is 4.79 Å². The van der Waals surface area contributed by atoms with Crippen molar-refractivity contribution in [3.05, 3.63) is 58.3 Å². The van der Waals surface area contributed by atoms with Crippen LogP contribution in [0.5, 0.6) is 0 Å². The first-order chi connectivity index (χ1) is 9.61. The van der Waals surface area contributed by atoms with E-state index < -0.39 is 0 Å². The van der Waals surface area contributed by atoms with Crippen LogP contribution in [0.3, 0.4) is 0 Å². The molecule has 20 heavy (non-hydrogen) atoms. The van der Waals surface area contributed by atoms with Crippen LogP contribution < -0.4 is 5.73 Å². The second-order valence-electron chi connectivity index (χ2n) is 4.40. The summed E-state index contributed by atoms with van der Waals surface area (Å²) in [6, 6.07) is 11.2. The number of pyridine rings is 1. The highest BCUT2D eigenvalue weighted by molar-refractivity contribution is 9.10. The van der Waals surface area contributed by atoms with Crippen LogP contribution in [-0.2, 0) is 6.54 Å². The van der Waals surface area contributed by atoms with E-state index in [1.165, 1.54) is 0 Å². The van der Waals surface area contributed by atoms with Crippen LogP contribution in [0.1, 0.15) is 23.0 Å². The minimum absolute atomic E-state index is 0.0950. The van der Waals surface area contributed by atoms with Crippen molar-refractivity contribution in [2.45, 2.75) is 13.5 Å². The normalized spacial score (nSPS) is 10.3. The maximum absolute atomic E-state index is 12.5. The van der Waals surface area contributed by atoms with Crippen LogP contribution in [0.25, 0.3) is 0 Å². The smallest absolute Gasteiger partial charge is 0.273 e. The highest BCUT2D eigenvalue weighted by Crippen LogP contribution is 2.17. The average Bonchev–Trinajstić information content (AvgIpc) is 2.44. The van der Waals surface area contributed by atoms with Gasteiger partial charge in [0.25, 0.3) is 5.91 Å². The third-order valence-corrected chi connectivity index (χ3v) is 3.59. The summed E-state index contributed by atoms with van der Waals surface area (Å²) in [6.45, 7) is 3.07. The van der Waals surface area contributed by atoms with Gasteiger partial charge in [-0.05, 0) is 52.7 Å². The van der Waals surface area contributed by atoms with E-state index in [2.05, 4.69) is 20.9 Å². The van der Waals surface area contributed by atoms with Gasteiger partial charge in [-0.15, -0.1) is 0 Å². The fourth-order valence-electron chi connectivity index (χ4n) is 1.93. The van der Waals surface area contributed by atoms with Gasteiger partial charge in [-0.25, -0.2) is 4.98 Å². The molecule has 2 aromatic rings. The first-order valence-corrected chi connectivity index (χ1v) is 7.15. The molecule has 0 spiro atoms. The van der Waals surface area contributed by atoms with Crippen LogP contribution >= 0.6 is 15.9 Å².